The van der Waals surface area contributed by atoms with E-state index < -0.39 is 0 Å². The summed E-state index contributed by atoms with van der Waals surface area (Å²) >= 11 is 5.49. The van der Waals surface area contributed by atoms with E-state index in [0.717, 1.165) is 0 Å². The second-order valence-electron chi connectivity index (χ2n) is 3.02. The van der Waals surface area contributed by atoms with E-state index in [1.807, 2.05) is 12.1 Å². The Kier molecular flexibility index (Phi) is 2.87. The van der Waals surface area contributed by atoms with E-state index >= 15 is 0 Å². The zero-order valence-corrected chi connectivity index (χ0v) is 8.76. The molecule has 0 aliphatic heterocycles. The first kappa shape index (κ1) is 9.98. The van der Waals surface area contributed by atoms with Gasteiger partial charge in [-0.2, -0.15) is 0 Å². The van der Waals surface area contributed by atoms with Crippen LogP contribution in [0.2, 0.25) is 0 Å². The Bertz CT molecular complexity index is 541. The minimum atomic E-state index is -0.134. The summed E-state index contributed by atoms with van der Waals surface area (Å²) in [5.74, 6) is 0.447. The van der Waals surface area contributed by atoms with E-state index in [9.17, 15) is 4.79 Å². The van der Waals surface area contributed by atoms with Gasteiger partial charge in [0, 0.05) is 12.1 Å². The lowest BCUT2D eigenvalue weighted by Gasteiger charge is -1.89. The molecule has 0 atom stereocenters. The molecule has 0 aliphatic carbocycles. The van der Waals surface area contributed by atoms with Crippen molar-refractivity contribution in [3.63, 3.8) is 0 Å². The maximum absolute atomic E-state index is 11.7. The molecule has 0 fully saturated rings. The van der Waals surface area contributed by atoms with E-state index in [0.29, 0.717) is 18.1 Å². The number of alkyl halides is 1. The molecule has 78 valence electrons. The molecule has 0 amide bonds. The zero-order chi connectivity index (χ0) is 10.7. The number of hydrogen-bond donors (Lipinski definition) is 0. The summed E-state index contributed by atoms with van der Waals surface area (Å²) in [6.45, 7) is 0.452. The molecule has 2 heterocycles. The Balaban J connectivity index is 2.40. The zero-order valence-electron chi connectivity index (χ0n) is 8.01. The summed E-state index contributed by atoms with van der Waals surface area (Å²) in [6.07, 6.45) is 5.31. The second-order valence-corrected chi connectivity index (χ2v) is 3.33. The highest BCUT2D eigenvalue weighted by atomic mass is 35.5. The molecular weight excluding hydrogens is 214 g/mol. The Hall–Kier alpha value is -1.55. The van der Waals surface area contributed by atoms with Crippen LogP contribution in [-0.4, -0.2) is 20.1 Å². The van der Waals surface area contributed by atoms with Crippen LogP contribution in [0.25, 0.3) is 5.65 Å². The third-order valence-corrected chi connectivity index (χ3v) is 2.20. The maximum atomic E-state index is 11.7. The van der Waals surface area contributed by atoms with Gasteiger partial charge in [-0.25, -0.2) is 9.48 Å². The van der Waals surface area contributed by atoms with Crippen molar-refractivity contribution in [2.75, 3.05) is 5.88 Å². The Morgan fingerprint density at radius 1 is 1.40 bits per heavy atom. The summed E-state index contributed by atoms with van der Waals surface area (Å²) in [5.41, 5.74) is 0.520. The number of rotatable bonds is 3. The lowest BCUT2D eigenvalue weighted by Crippen LogP contribution is -2.20. The van der Waals surface area contributed by atoms with E-state index in [2.05, 4.69) is 5.10 Å². The fourth-order valence-electron chi connectivity index (χ4n) is 1.32. The summed E-state index contributed by atoms with van der Waals surface area (Å²) in [5, 5.41) is 4.16. The Morgan fingerprint density at radius 3 is 3.00 bits per heavy atom. The normalized spacial score (nSPS) is 11.5. The van der Waals surface area contributed by atoms with Crippen molar-refractivity contribution in [3.05, 3.63) is 47.0 Å². The van der Waals surface area contributed by atoms with Gasteiger partial charge in [0.2, 0.25) is 0 Å². The molecule has 15 heavy (non-hydrogen) atoms. The molecule has 4 nitrogen and oxygen atoms in total. The van der Waals surface area contributed by atoms with Crippen LogP contribution in [0.4, 0.5) is 0 Å². The van der Waals surface area contributed by atoms with Crippen LogP contribution in [0.3, 0.4) is 0 Å². The van der Waals surface area contributed by atoms with Gasteiger partial charge < -0.3 is 0 Å². The van der Waals surface area contributed by atoms with Gasteiger partial charge >= 0.3 is 5.69 Å². The van der Waals surface area contributed by atoms with Gasteiger partial charge in [0.15, 0.2) is 5.65 Å². The quantitative estimate of drug-likeness (QED) is 0.581. The molecule has 0 saturated heterocycles. The molecule has 5 heteroatoms. The van der Waals surface area contributed by atoms with Crippen molar-refractivity contribution >= 4 is 17.2 Å². The Morgan fingerprint density at radius 2 is 2.27 bits per heavy atom. The van der Waals surface area contributed by atoms with Crippen LogP contribution in [0.5, 0.6) is 0 Å². The molecule has 0 radical (unpaired) electrons. The van der Waals surface area contributed by atoms with Crippen LogP contribution >= 0.6 is 11.6 Å². The largest absolute Gasteiger partial charge is 0.350 e. The topological polar surface area (TPSA) is 39.3 Å². The molecule has 0 spiro atoms. The highest BCUT2D eigenvalue weighted by Crippen LogP contribution is 1.94. The van der Waals surface area contributed by atoms with Crippen molar-refractivity contribution in [2.45, 2.75) is 6.54 Å². The lowest BCUT2D eigenvalue weighted by molar-refractivity contribution is 0.672. The predicted molar refractivity (Wildman–Crippen MR) is 59.3 cm³/mol. The maximum Gasteiger partial charge on any atom is 0.350 e. The molecule has 0 saturated carbocycles. The smallest absolute Gasteiger partial charge is 0.250 e. The summed E-state index contributed by atoms with van der Waals surface area (Å²) < 4.78 is 2.91. The SMILES string of the molecule is O=c1n(CC=CCCl)nc2ccccn12. The molecular formula is C10H10ClN3O. The summed E-state index contributed by atoms with van der Waals surface area (Å²) in [4.78, 5) is 11.7. The number of hydrogen-bond acceptors (Lipinski definition) is 2. The first-order valence-corrected chi connectivity index (χ1v) is 5.11. The Labute approximate surface area is 91.4 Å². The van der Waals surface area contributed by atoms with E-state index in [1.165, 1.54) is 9.08 Å². The standard InChI is InChI=1S/C10H10ClN3O/c11-6-2-4-8-14-10(15)13-7-3-1-5-9(13)12-14/h1-5,7H,6,8H2. The third-order valence-electron chi connectivity index (χ3n) is 2.02. The number of allylic oxidation sites excluding steroid dienone is 2. The number of pyridine rings is 1. The van der Waals surface area contributed by atoms with Gasteiger partial charge in [-0.3, -0.25) is 4.40 Å². The highest BCUT2D eigenvalue weighted by molar-refractivity contribution is 6.18. The van der Waals surface area contributed by atoms with Crippen molar-refractivity contribution in [1.82, 2.24) is 14.2 Å². The number of fused-ring (bicyclic) bond motifs is 1. The minimum absolute atomic E-state index is 0.134. The van der Waals surface area contributed by atoms with Gasteiger partial charge in [-0.1, -0.05) is 18.2 Å². The average molecular weight is 224 g/mol. The van der Waals surface area contributed by atoms with Crippen LogP contribution < -0.4 is 5.69 Å². The summed E-state index contributed by atoms with van der Waals surface area (Å²) in [7, 11) is 0. The monoisotopic (exact) mass is 223 g/mol. The molecule has 0 unspecified atom stereocenters. The fourth-order valence-corrected chi connectivity index (χ4v) is 1.45. The van der Waals surface area contributed by atoms with E-state index in [-0.39, 0.29) is 5.69 Å². The van der Waals surface area contributed by atoms with Crippen LogP contribution in [0.1, 0.15) is 0 Å². The van der Waals surface area contributed by atoms with Gasteiger partial charge in [-0.15, -0.1) is 16.7 Å². The van der Waals surface area contributed by atoms with Gasteiger partial charge in [0.25, 0.3) is 0 Å². The van der Waals surface area contributed by atoms with E-state index in [4.69, 9.17) is 11.6 Å². The lowest BCUT2D eigenvalue weighted by atomic mass is 10.5. The van der Waals surface area contributed by atoms with Gasteiger partial charge in [-0.05, 0) is 12.1 Å². The molecule has 0 N–H and O–H groups in total. The minimum Gasteiger partial charge on any atom is -0.250 e. The fraction of sp³-hybridized carbons (Fsp3) is 0.200. The summed E-state index contributed by atoms with van der Waals surface area (Å²) in [6, 6.07) is 5.44. The van der Waals surface area contributed by atoms with Crippen molar-refractivity contribution < 1.29 is 0 Å². The highest BCUT2D eigenvalue weighted by Gasteiger charge is 2.02. The van der Waals surface area contributed by atoms with E-state index in [1.54, 1.807) is 24.4 Å². The molecule has 2 aromatic rings. The molecule has 0 aromatic carbocycles. The average Bonchev–Trinajstić information content (AvgIpc) is 2.57. The van der Waals surface area contributed by atoms with Crippen LogP contribution in [-0.2, 0) is 6.54 Å². The molecule has 0 aliphatic rings. The van der Waals surface area contributed by atoms with Crippen LogP contribution in [0, 0.1) is 0 Å². The van der Waals surface area contributed by atoms with Crippen molar-refractivity contribution in [1.29, 1.82) is 0 Å². The third kappa shape index (κ3) is 1.94. The molecule has 2 rings (SSSR count). The van der Waals surface area contributed by atoms with Gasteiger partial charge in [0.1, 0.15) is 0 Å². The second kappa shape index (κ2) is 4.31. The number of nitrogens with zero attached hydrogens (tertiary/aromatic N) is 3. The van der Waals surface area contributed by atoms with Crippen molar-refractivity contribution in [2.24, 2.45) is 0 Å². The number of halogens is 1. The molecule has 2 aromatic heterocycles. The van der Waals surface area contributed by atoms with Crippen LogP contribution in [0.15, 0.2) is 41.3 Å². The first-order valence-electron chi connectivity index (χ1n) is 4.58. The van der Waals surface area contributed by atoms with Crippen molar-refractivity contribution in [3.8, 4) is 0 Å². The predicted octanol–water partition coefficient (Wildman–Crippen LogP) is 1.29. The first-order chi connectivity index (χ1) is 7.33. The molecule has 0 bridgehead atoms. The van der Waals surface area contributed by atoms with Gasteiger partial charge in [0.05, 0.1) is 6.54 Å². The number of aromatic nitrogens is 3.